The van der Waals surface area contributed by atoms with Crippen LogP contribution in [0.4, 0.5) is 13.2 Å². The molecule has 18 nitrogen and oxygen atoms in total. The van der Waals surface area contributed by atoms with Crippen LogP contribution in [0, 0.1) is 17.5 Å². The van der Waals surface area contributed by atoms with E-state index in [4.69, 9.17) is 23.7 Å². The maximum absolute atomic E-state index is 13.2. The summed E-state index contributed by atoms with van der Waals surface area (Å²) >= 11 is 0. The number of aromatic nitrogens is 3. The fourth-order valence-electron chi connectivity index (χ4n) is 9.17. The van der Waals surface area contributed by atoms with Gasteiger partial charge in [-0.05, 0) is 138 Å². The van der Waals surface area contributed by atoms with Crippen LogP contribution in [-0.2, 0) is 33.5 Å². The number of carbonyl (C=O) groups is 6. The SMILES string of the molecule is C.C.C.CCCNC(=O)c1cc(C(=O)OC)c(O)c2ncc(Cc3ccc(F)cc3)cc12.CCCNC(=O)c1cc(C(=O)OC)c(OC)c2ncc(Cc3ccc(F)cc3)cc12.COC(=O)c1cc(C(=O)O)c2cc(Cc3ccc(F)cc3)cnc2c1OC. The number of phenolic OH excluding ortho intramolecular Hbond substituents is 1. The van der Waals surface area contributed by atoms with E-state index in [9.17, 15) is 52.2 Å². The molecule has 9 aromatic rings. The summed E-state index contributed by atoms with van der Waals surface area (Å²) in [5, 5.41) is 27.0. The Balaban J connectivity index is 0.000000281. The van der Waals surface area contributed by atoms with Gasteiger partial charge in [0.25, 0.3) is 11.8 Å². The van der Waals surface area contributed by atoms with Crippen LogP contribution < -0.4 is 20.1 Å². The number of nitrogens with one attached hydrogen (secondary N) is 2. The number of benzene rings is 6. The van der Waals surface area contributed by atoms with E-state index in [0.717, 1.165) is 46.2 Å². The minimum absolute atomic E-state index is 0. The molecule has 9 rings (SSSR count). The zero-order chi connectivity index (χ0) is 62.2. The maximum atomic E-state index is 13.2. The average molecular weight is 1220 g/mol. The Bertz CT molecular complexity index is 4000. The molecule has 0 spiro atoms. The number of ether oxygens (including phenoxy) is 5. The van der Waals surface area contributed by atoms with E-state index in [1.165, 1.54) is 90.1 Å². The minimum atomic E-state index is -1.20. The van der Waals surface area contributed by atoms with Gasteiger partial charge in [-0.3, -0.25) is 24.5 Å². The number of aromatic carboxylic acids is 1. The van der Waals surface area contributed by atoms with Crippen LogP contribution in [0.15, 0.2) is 128 Å². The highest BCUT2D eigenvalue weighted by Crippen LogP contribution is 2.36. The lowest BCUT2D eigenvalue weighted by atomic mass is 9.98. The first-order chi connectivity index (χ1) is 41.4. The highest BCUT2D eigenvalue weighted by molar-refractivity contribution is 6.13. The predicted octanol–water partition coefficient (Wildman–Crippen LogP) is 12.9. The molecule has 0 aliphatic rings. The Morgan fingerprint density at radius 1 is 0.427 bits per heavy atom. The molecule has 4 N–H and O–H groups in total. The molecule has 0 aliphatic heterocycles. The van der Waals surface area contributed by atoms with Gasteiger partial charge in [0.15, 0.2) is 17.2 Å². The van der Waals surface area contributed by atoms with Gasteiger partial charge in [-0.25, -0.2) is 32.3 Å². The number of halogens is 3. The summed E-state index contributed by atoms with van der Waals surface area (Å²) in [5.41, 5.74) is 6.22. The molecule has 3 aromatic heterocycles. The number of fused-ring (bicyclic) bond motifs is 3. The summed E-state index contributed by atoms with van der Waals surface area (Å²) in [5.74, 6) is -4.86. The van der Waals surface area contributed by atoms with Crippen LogP contribution in [0.25, 0.3) is 32.7 Å². The van der Waals surface area contributed by atoms with Crippen LogP contribution in [0.2, 0.25) is 0 Å². The molecule has 0 atom stereocenters. The molecular weight excluding hydrogens is 1150 g/mol. The second kappa shape index (κ2) is 32.9. The van der Waals surface area contributed by atoms with Crippen LogP contribution in [0.3, 0.4) is 0 Å². The molecular formula is C68H72F3N5O13. The third kappa shape index (κ3) is 17.2. The smallest absolute Gasteiger partial charge is 0.341 e. The summed E-state index contributed by atoms with van der Waals surface area (Å²) in [6.07, 6.45) is 7.74. The number of carboxylic acids is 1. The van der Waals surface area contributed by atoms with Crippen molar-refractivity contribution < 1.29 is 75.8 Å². The second-order valence-corrected chi connectivity index (χ2v) is 19.3. The predicted molar refractivity (Wildman–Crippen MR) is 334 cm³/mol. The highest BCUT2D eigenvalue weighted by Gasteiger charge is 2.26. The number of amides is 2. The van der Waals surface area contributed by atoms with Crippen LogP contribution in [0.5, 0.6) is 17.2 Å². The Kier molecular flexibility index (Phi) is 26.3. The fraction of sp³-hybridized carbons (Fsp3) is 0.250. The number of rotatable bonds is 18. The van der Waals surface area contributed by atoms with Crippen molar-refractivity contribution in [3.05, 3.63) is 212 Å². The first-order valence-corrected chi connectivity index (χ1v) is 26.8. The number of carbonyl (C=O) groups excluding carboxylic acids is 5. The van der Waals surface area contributed by atoms with E-state index < -0.39 is 23.9 Å². The van der Waals surface area contributed by atoms with Crippen molar-refractivity contribution >= 4 is 68.4 Å². The molecule has 89 heavy (non-hydrogen) atoms. The number of carboxylic acid groups (broad SMARTS) is 1. The van der Waals surface area contributed by atoms with Gasteiger partial charge in [0.1, 0.15) is 50.7 Å². The number of aromatic hydroxyl groups is 1. The number of methoxy groups -OCH3 is 5. The standard InChI is InChI=1S/C23H23FN2O4.C22H21FN2O4.C20H16FNO5.3CH4/c1-4-9-25-22(27)18-12-19(23(28)30-3)21(29-2)20-17(18)11-15(13-26-20)10-14-5-7-16(24)8-6-14;1-3-8-24-21(27)17-11-18(22(28)29-2)20(26)19-16(17)10-14(12-25-19)9-13-4-6-15(23)7-5-13;1-26-18-16(20(25)27-2)9-15(19(23)24)14-8-12(10-22-17(14)18)7-11-3-5-13(21)6-4-11;;;/h5-8,11-13H,4,9-10H2,1-3H3,(H,25,27);4-7,10-12,26H,3,8-9H2,1-2H3,(H,24,27);3-6,8-10H,7H2,1-2H3,(H,23,24);3*1H4. The average Bonchev–Trinajstić information content (AvgIpc) is 0.922. The Morgan fingerprint density at radius 2 is 0.730 bits per heavy atom. The summed E-state index contributed by atoms with van der Waals surface area (Å²) in [6, 6.07) is 27.6. The fourth-order valence-corrected chi connectivity index (χ4v) is 9.17. The van der Waals surface area contributed by atoms with E-state index in [1.54, 1.807) is 67.1 Å². The zero-order valence-electron chi connectivity index (χ0n) is 47.9. The summed E-state index contributed by atoms with van der Waals surface area (Å²) in [4.78, 5) is 86.6. The number of esters is 3. The summed E-state index contributed by atoms with van der Waals surface area (Å²) in [7, 11) is 6.47. The van der Waals surface area contributed by atoms with Gasteiger partial charge in [0, 0.05) is 59.0 Å². The zero-order valence-corrected chi connectivity index (χ0v) is 47.9. The summed E-state index contributed by atoms with van der Waals surface area (Å²) < 4.78 is 64.4. The lowest BCUT2D eigenvalue weighted by Gasteiger charge is -2.15. The van der Waals surface area contributed by atoms with Crippen LogP contribution in [-0.4, -0.2) is 109 Å². The lowest BCUT2D eigenvalue weighted by Crippen LogP contribution is -2.25. The maximum Gasteiger partial charge on any atom is 0.341 e. The van der Waals surface area contributed by atoms with Gasteiger partial charge >= 0.3 is 23.9 Å². The van der Waals surface area contributed by atoms with Crippen molar-refractivity contribution in [1.29, 1.82) is 0 Å². The first kappa shape index (κ1) is 71.0. The third-order valence-corrected chi connectivity index (χ3v) is 13.3. The third-order valence-electron chi connectivity index (χ3n) is 13.3. The van der Waals surface area contributed by atoms with Gasteiger partial charge in [-0.2, -0.15) is 0 Å². The first-order valence-electron chi connectivity index (χ1n) is 26.8. The van der Waals surface area contributed by atoms with Crippen LogP contribution >= 0.6 is 0 Å². The number of hydrogen-bond donors (Lipinski definition) is 4. The van der Waals surface area contributed by atoms with E-state index >= 15 is 0 Å². The van der Waals surface area contributed by atoms with Crippen molar-refractivity contribution in [2.75, 3.05) is 48.6 Å². The molecule has 468 valence electrons. The number of phenols is 1. The largest absolute Gasteiger partial charge is 0.505 e. The molecule has 0 fully saturated rings. The van der Waals surface area contributed by atoms with E-state index in [2.05, 4.69) is 25.6 Å². The molecule has 6 aromatic carbocycles. The van der Waals surface area contributed by atoms with Crippen molar-refractivity contribution in [1.82, 2.24) is 25.6 Å². The van der Waals surface area contributed by atoms with Gasteiger partial charge in [-0.15, -0.1) is 0 Å². The Labute approximate surface area is 514 Å². The molecule has 0 unspecified atom stereocenters. The lowest BCUT2D eigenvalue weighted by molar-refractivity contribution is 0.0587. The normalized spacial score (nSPS) is 10.3. The van der Waals surface area contributed by atoms with Gasteiger partial charge in [0.2, 0.25) is 0 Å². The minimum Gasteiger partial charge on any atom is -0.505 e. The van der Waals surface area contributed by atoms with Crippen molar-refractivity contribution in [3.8, 4) is 17.2 Å². The quantitative estimate of drug-likeness (QED) is 0.0460. The molecule has 0 aliphatic carbocycles. The molecule has 2 amide bonds. The van der Waals surface area contributed by atoms with Crippen molar-refractivity contribution in [3.63, 3.8) is 0 Å². The molecule has 0 saturated heterocycles. The van der Waals surface area contributed by atoms with E-state index in [-0.39, 0.29) is 108 Å². The highest BCUT2D eigenvalue weighted by atomic mass is 19.1. The van der Waals surface area contributed by atoms with E-state index in [1.807, 2.05) is 19.9 Å². The molecule has 0 radical (unpaired) electrons. The topological polar surface area (TPSA) is 252 Å². The number of hydrogen-bond acceptors (Lipinski definition) is 15. The molecule has 0 saturated carbocycles. The molecule has 21 heteroatoms. The molecule has 0 bridgehead atoms. The monoisotopic (exact) mass is 1220 g/mol. The number of nitrogens with zero attached hydrogens (tertiary/aromatic N) is 3. The van der Waals surface area contributed by atoms with Gasteiger partial charge in [0.05, 0.1) is 41.1 Å². The number of pyridine rings is 3. The molecule has 3 heterocycles. The van der Waals surface area contributed by atoms with E-state index in [0.29, 0.717) is 59.6 Å². The van der Waals surface area contributed by atoms with Crippen molar-refractivity contribution in [2.24, 2.45) is 0 Å². The summed E-state index contributed by atoms with van der Waals surface area (Å²) in [6.45, 7) is 4.85. The second-order valence-electron chi connectivity index (χ2n) is 19.3. The Morgan fingerprint density at radius 3 is 1.06 bits per heavy atom. The Hall–Kier alpha value is -10.4. The van der Waals surface area contributed by atoms with Crippen LogP contribution in [0.1, 0.15) is 144 Å². The van der Waals surface area contributed by atoms with Gasteiger partial charge in [-0.1, -0.05) is 72.5 Å². The van der Waals surface area contributed by atoms with Gasteiger partial charge < -0.3 is 44.5 Å². The van der Waals surface area contributed by atoms with Crippen molar-refractivity contribution in [2.45, 2.75) is 68.2 Å².